The number of benzene rings is 1. The normalized spacial score (nSPS) is 10.9. The summed E-state index contributed by atoms with van der Waals surface area (Å²) in [6.45, 7) is 0. The van der Waals surface area contributed by atoms with Gasteiger partial charge >= 0.3 is 0 Å². The van der Waals surface area contributed by atoms with E-state index in [2.05, 4.69) is 15.4 Å². The number of aromatic nitrogens is 3. The summed E-state index contributed by atoms with van der Waals surface area (Å²) in [5, 5.41) is 6.89. The van der Waals surface area contributed by atoms with Crippen molar-refractivity contribution in [2.75, 3.05) is 11.1 Å². The molecule has 0 amide bonds. The Morgan fingerprint density at radius 3 is 2.77 bits per heavy atom. The molecule has 0 saturated heterocycles. The summed E-state index contributed by atoms with van der Waals surface area (Å²) in [7, 11) is 0. The Hall–Kier alpha value is -3.35. The fourth-order valence-corrected chi connectivity index (χ4v) is 1.82. The fraction of sp³-hybridized carbons (Fsp3) is 0. The molecule has 3 rings (SSSR count). The van der Waals surface area contributed by atoms with Gasteiger partial charge in [-0.1, -0.05) is 18.2 Å². The van der Waals surface area contributed by atoms with Crippen molar-refractivity contribution < 1.29 is 9.21 Å². The van der Waals surface area contributed by atoms with E-state index in [1.807, 2.05) is 30.3 Å². The van der Waals surface area contributed by atoms with E-state index in [1.54, 1.807) is 18.2 Å². The minimum absolute atomic E-state index is 0.0122. The van der Waals surface area contributed by atoms with E-state index in [1.165, 1.54) is 12.3 Å². The third kappa shape index (κ3) is 3.04. The van der Waals surface area contributed by atoms with Crippen LogP contribution in [-0.4, -0.2) is 20.7 Å². The van der Waals surface area contributed by atoms with E-state index < -0.39 is 0 Å². The van der Waals surface area contributed by atoms with Crippen LogP contribution in [0.3, 0.4) is 0 Å². The van der Waals surface area contributed by atoms with Crippen LogP contribution in [0.25, 0.3) is 6.08 Å². The number of hydrogen-bond donors (Lipinski definition) is 2. The lowest BCUT2D eigenvalue weighted by molar-refractivity contribution is 0.0958. The number of allylic oxidation sites excluding steroid dienone is 1. The highest BCUT2D eigenvalue weighted by Gasteiger charge is 2.13. The minimum atomic E-state index is -0.390. The molecule has 0 aliphatic rings. The number of nitrogens with zero attached hydrogens (tertiary/aromatic N) is 3. The van der Waals surface area contributed by atoms with Gasteiger partial charge in [0.1, 0.15) is 5.76 Å². The molecule has 3 aromatic rings. The average Bonchev–Trinajstić information content (AvgIpc) is 3.15. The molecule has 0 aliphatic heterocycles. The second kappa shape index (κ2) is 5.96. The van der Waals surface area contributed by atoms with E-state index in [0.717, 1.165) is 10.4 Å². The van der Waals surface area contributed by atoms with E-state index in [4.69, 9.17) is 10.2 Å². The molecule has 0 radical (unpaired) electrons. The zero-order chi connectivity index (χ0) is 15.4. The van der Waals surface area contributed by atoms with E-state index >= 15 is 0 Å². The average molecular weight is 295 g/mol. The summed E-state index contributed by atoms with van der Waals surface area (Å²) in [4.78, 5) is 16.2. The standard InChI is InChI=1S/C15H13N5O2/c16-14-18-15(17-11-5-2-1-3-6-11)20(19-14)13(21)9-8-12-7-4-10-22-12/h1-10H,(H3,16,17,18,19)/b9-8+. The summed E-state index contributed by atoms with van der Waals surface area (Å²) >= 11 is 0. The van der Waals surface area contributed by atoms with Gasteiger partial charge < -0.3 is 15.5 Å². The van der Waals surface area contributed by atoms with Crippen molar-refractivity contribution in [2.45, 2.75) is 0 Å². The molecule has 0 unspecified atom stereocenters. The molecule has 3 N–H and O–H groups in total. The molecule has 7 nitrogen and oxygen atoms in total. The highest BCUT2D eigenvalue weighted by molar-refractivity contribution is 5.94. The monoisotopic (exact) mass is 295 g/mol. The summed E-state index contributed by atoms with van der Waals surface area (Å²) in [6, 6.07) is 12.8. The highest BCUT2D eigenvalue weighted by atomic mass is 16.3. The third-order valence-electron chi connectivity index (χ3n) is 2.80. The van der Waals surface area contributed by atoms with Crippen molar-refractivity contribution in [3.05, 3.63) is 60.6 Å². The molecule has 110 valence electrons. The Morgan fingerprint density at radius 1 is 1.23 bits per heavy atom. The summed E-state index contributed by atoms with van der Waals surface area (Å²) in [5.41, 5.74) is 6.36. The molecule has 0 fully saturated rings. The smallest absolute Gasteiger partial charge is 0.274 e. The second-order valence-electron chi connectivity index (χ2n) is 4.38. The van der Waals surface area contributed by atoms with Gasteiger partial charge in [0, 0.05) is 11.8 Å². The first kappa shape index (κ1) is 13.6. The first-order valence-corrected chi connectivity index (χ1v) is 6.53. The molecule has 22 heavy (non-hydrogen) atoms. The number of para-hydroxylation sites is 1. The van der Waals surface area contributed by atoms with Crippen molar-refractivity contribution in [1.82, 2.24) is 14.8 Å². The Kier molecular flexibility index (Phi) is 3.69. The molecule has 0 bridgehead atoms. The Morgan fingerprint density at radius 2 is 2.05 bits per heavy atom. The first-order chi connectivity index (χ1) is 10.7. The number of hydrogen-bond acceptors (Lipinski definition) is 6. The lowest BCUT2D eigenvalue weighted by atomic mass is 10.3. The van der Waals surface area contributed by atoms with Crippen LogP contribution < -0.4 is 11.1 Å². The van der Waals surface area contributed by atoms with Gasteiger partial charge in [0.25, 0.3) is 5.91 Å². The number of anilines is 3. The number of nitrogens with one attached hydrogen (secondary N) is 1. The Bertz CT molecular complexity index is 791. The van der Waals surface area contributed by atoms with Gasteiger partial charge in [-0.25, -0.2) is 0 Å². The van der Waals surface area contributed by atoms with Crippen LogP contribution in [0.1, 0.15) is 10.6 Å². The lowest BCUT2D eigenvalue weighted by Crippen LogP contribution is -2.12. The van der Waals surface area contributed by atoms with Crippen LogP contribution in [0.2, 0.25) is 0 Å². The maximum absolute atomic E-state index is 12.2. The number of carbonyl (C=O) groups is 1. The van der Waals surface area contributed by atoms with E-state index in [0.29, 0.717) is 5.76 Å². The highest BCUT2D eigenvalue weighted by Crippen LogP contribution is 2.15. The van der Waals surface area contributed by atoms with Gasteiger partial charge in [-0.3, -0.25) is 4.79 Å². The number of nitrogen functional groups attached to an aromatic ring is 1. The van der Waals surface area contributed by atoms with Crippen molar-refractivity contribution >= 4 is 29.6 Å². The molecular formula is C15H13N5O2. The zero-order valence-electron chi connectivity index (χ0n) is 11.5. The summed E-state index contributed by atoms with van der Waals surface area (Å²) < 4.78 is 6.23. The summed E-state index contributed by atoms with van der Waals surface area (Å²) in [5.74, 6) is 0.439. The first-order valence-electron chi connectivity index (χ1n) is 6.53. The maximum atomic E-state index is 12.2. The molecule has 0 saturated carbocycles. The van der Waals surface area contributed by atoms with Crippen LogP contribution >= 0.6 is 0 Å². The largest absolute Gasteiger partial charge is 0.465 e. The van der Waals surface area contributed by atoms with Crippen LogP contribution in [0.15, 0.2) is 59.2 Å². The van der Waals surface area contributed by atoms with Crippen LogP contribution in [0.5, 0.6) is 0 Å². The number of carbonyl (C=O) groups excluding carboxylic acids is 1. The molecule has 2 aromatic heterocycles. The predicted molar refractivity (Wildman–Crippen MR) is 82.5 cm³/mol. The van der Waals surface area contributed by atoms with Crippen LogP contribution in [-0.2, 0) is 0 Å². The van der Waals surface area contributed by atoms with Gasteiger partial charge in [-0.05, 0) is 30.3 Å². The van der Waals surface area contributed by atoms with Crippen molar-refractivity contribution in [1.29, 1.82) is 0 Å². The van der Waals surface area contributed by atoms with Crippen molar-refractivity contribution in [3.63, 3.8) is 0 Å². The maximum Gasteiger partial charge on any atom is 0.274 e. The molecular weight excluding hydrogens is 282 g/mol. The Balaban J connectivity index is 1.83. The number of nitrogens with two attached hydrogens (primary N) is 1. The van der Waals surface area contributed by atoms with Crippen molar-refractivity contribution in [3.8, 4) is 0 Å². The van der Waals surface area contributed by atoms with Crippen molar-refractivity contribution in [2.24, 2.45) is 0 Å². The van der Waals surface area contributed by atoms with Gasteiger partial charge in [-0.15, -0.1) is 5.10 Å². The minimum Gasteiger partial charge on any atom is -0.465 e. The van der Waals surface area contributed by atoms with Gasteiger partial charge in [0.2, 0.25) is 11.9 Å². The lowest BCUT2D eigenvalue weighted by Gasteiger charge is -2.04. The topological polar surface area (TPSA) is 99.0 Å². The Labute approximate surface area is 126 Å². The van der Waals surface area contributed by atoms with Crippen LogP contribution in [0, 0.1) is 0 Å². The zero-order valence-corrected chi connectivity index (χ0v) is 11.5. The number of furan rings is 1. The second-order valence-corrected chi connectivity index (χ2v) is 4.38. The third-order valence-corrected chi connectivity index (χ3v) is 2.80. The fourth-order valence-electron chi connectivity index (χ4n) is 1.82. The molecule has 0 spiro atoms. The van der Waals surface area contributed by atoms with Crippen LogP contribution in [0.4, 0.5) is 17.6 Å². The van der Waals surface area contributed by atoms with Gasteiger partial charge in [0.15, 0.2) is 0 Å². The molecule has 2 heterocycles. The quantitative estimate of drug-likeness (QED) is 0.718. The SMILES string of the molecule is Nc1nc(Nc2ccccc2)n(C(=O)/C=C/c2ccco2)n1. The predicted octanol–water partition coefficient (Wildman–Crippen LogP) is 2.55. The van der Waals surface area contributed by atoms with E-state index in [-0.39, 0.29) is 17.8 Å². The molecule has 1 aromatic carbocycles. The molecule has 7 heteroatoms. The van der Waals surface area contributed by atoms with Gasteiger partial charge in [0.05, 0.1) is 6.26 Å². The molecule has 0 aliphatic carbocycles. The summed E-state index contributed by atoms with van der Waals surface area (Å²) in [6.07, 6.45) is 4.41. The number of rotatable bonds is 4. The van der Waals surface area contributed by atoms with E-state index in [9.17, 15) is 4.79 Å². The molecule has 0 atom stereocenters. The van der Waals surface area contributed by atoms with Gasteiger partial charge in [-0.2, -0.15) is 9.67 Å².